The van der Waals surface area contributed by atoms with E-state index in [1.54, 1.807) is 0 Å². The molecule has 0 aliphatic carbocycles. The summed E-state index contributed by atoms with van der Waals surface area (Å²) < 4.78 is 0. The van der Waals surface area contributed by atoms with Crippen LogP contribution in [-0.4, -0.2) is 13.6 Å². The van der Waals surface area contributed by atoms with Gasteiger partial charge in [-0.25, -0.2) is 0 Å². The lowest BCUT2D eigenvalue weighted by Crippen LogP contribution is -2.29. The molecule has 1 N–H and O–H groups in total. The minimum atomic E-state index is 0.140. The fraction of sp³-hybridized carbons (Fsp3) is 0.429. The maximum absolute atomic E-state index is 3.94. The molecule has 1 aromatic rings. The monoisotopic (exact) mass is 203 g/mol. The van der Waals surface area contributed by atoms with Crippen molar-refractivity contribution in [2.45, 2.75) is 20.3 Å². The van der Waals surface area contributed by atoms with Crippen molar-refractivity contribution >= 4 is 0 Å². The van der Waals surface area contributed by atoms with Gasteiger partial charge in [0.1, 0.15) is 0 Å². The summed E-state index contributed by atoms with van der Waals surface area (Å²) in [6.45, 7) is 9.30. The summed E-state index contributed by atoms with van der Waals surface area (Å²) in [5.74, 6) is 0. The van der Waals surface area contributed by atoms with Gasteiger partial charge in [-0.2, -0.15) is 0 Å². The predicted molar refractivity (Wildman–Crippen MR) is 67.1 cm³/mol. The highest BCUT2D eigenvalue weighted by Gasteiger charge is 2.20. The normalized spacial score (nSPS) is 14.6. The van der Waals surface area contributed by atoms with Crippen LogP contribution in [0.2, 0.25) is 0 Å². The summed E-state index contributed by atoms with van der Waals surface area (Å²) in [4.78, 5) is 0. The summed E-state index contributed by atoms with van der Waals surface area (Å²) in [6.07, 6.45) is 3.10. The van der Waals surface area contributed by atoms with E-state index in [4.69, 9.17) is 0 Å². The van der Waals surface area contributed by atoms with Crippen LogP contribution in [0.15, 0.2) is 36.9 Å². The van der Waals surface area contributed by atoms with Crippen molar-refractivity contribution in [3.05, 3.63) is 48.0 Å². The van der Waals surface area contributed by atoms with Crippen molar-refractivity contribution in [2.24, 2.45) is 5.41 Å². The number of hydrogen-bond donors (Lipinski definition) is 1. The fourth-order valence-corrected chi connectivity index (χ4v) is 1.85. The quantitative estimate of drug-likeness (QED) is 0.725. The van der Waals surface area contributed by atoms with Gasteiger partial charge in [0.15, 0.2) is 0 Å². The molecular formula is C14H21N. The van der Waals surface area contributed by atoms with Crippen molar-refractivity contribution in [2.75, 3.05) is 13.6 Å². The molecule has 0 saturated carbocycles. The molecule has 1 atom stereocenters. The predicted octanol–water partition coefficient (Wildman–Crippen LogP) is 2.95. The molecule has 0 saturated heterocycles. The van der Waals surface area contributed by atoms with Crippen molar-refractivity contribution in [1.82, 2.24) is 5.32 Å². The highest BCUT2D eigenvalue weighted by molar-refractivity contribution is 5.27. The van der Waals surface area contributed by atoms with Crippen LogP contribution in [0.3, 0.4) is 0 Å². The number of aryl methyl sites for hydroxylation is 1. The molecular weight excluding hydrogens is 182 g/mol. The molecule has 0 heterocycles. The van der Waals surface area contributed by atoms with E-state index in [1.165, 1.54) is 11.1 Å². The Hall–Kier alpha value is -1.08. The smallest absolute Gasteiger partial charge is 0.00400 e. The van der Waals surface area contributed by atoms with Gasteiger partial charge in [-0.1, -0.05) is 37.3 Å². The van der Waals surface area contributed by atoms with Gasteiger partial charge in [0, 0.05) is 12.0 Å². The van der Waals surface area contributed by atoms with Gasteiger partial charge in [-0.15, -0.1) is 6.58 Å². The minimum Gasteiger partial charge on any atom is -0.319 e. The average molecular weight is 203 g/mol. The maximum atomic E-state index is 3.94. The molecule has 0 aliphatic rings. The van der Waals surface area contributed by atoms with Gasteiger partial charge in [-0.3, -0.25) is 0 Å². The van der Waals surface area contributed by atoms with Crippen LogP contribution in [0.4, 0.5) is 0 Å². The first-order chi connectivity index (χ1) is 7.11. The first kappa shape index (κ1) is 12.0. The van der Waals surface area contributed by atoms with E-state index in [0.29, 0.717) is 0 Å². The largest absolute Gasteiger partial charge is 0.319 e. The lowest BCUT2D eigenvalue weighted by molar-refractivity contribution is 0.405. The number of hydrogen-bond acceptors (Lipinski definition) is 1. The molecule has 0 fully saturated rings. The molecule has 1 rings (SSSR count). The Bertz CT molecular complexity index is 330. The number of nitrogens with one attached hydrogen (secondary N) is 1. The summed E-state index contributed by atoms with van der Waals surface area (Å²) in [5, 5.41) is 3.23. The van der Waals surface area contributed by atoms with E-state index in [0.717, 1.165) is 13.0 Å². The van der Waals surface area contributed by atoms with E-state index < -0.39 is 0 Å². The third kappa shape index (κ3) is 3.21. The van der Waals surface area contributed by atoms with E-state index in [-0.39, 0.29) is 5.41 Å². The molecule has 15 heavy (non-hydrogen) atoms. The molecule has 1 nitrogen and oxygen atoms in total. The summed E-state index contributed by atoms with van der Waals surface area (Å²) in [7, 11) is 1.99. The highest BCUT2D eigenvalue weighted by Crippen LogP contribution is 2.24. The van der Waals surface area contributed by atoms with Crippen LogP contribution in [0.1, 0.15) is 18.1 Å². The van der Waals surface area contributed by atoms with Crippen LogP contribution in [0.25, 0.3) is 0 Å². The van der Waals surface area contributed by atoms with Crippen LogP contribution >= 0.6 is 0 Å². The lowest BCUT2D eigenvalue weighted by Gasteiger charge is -2.26. The van der Waals surface area contributed by atoms with Crippen molar-refractivity contribution < 1.29 is 0 Å². The zero-order valence-corrected chi connectivity index (χ0v) is 10.0. The Morgan fingerprint density at radius 1 is 1.40 bits per heavy atom. The number of benzene rings is 1. The summed E-state index contributed by atoms with van der Waals surface area (Å²) in [5.41, 5.74) is 2.91. The standard InChI is InChI=1S/C14H21N/c1-5-14(3,11-15-4)10-13-9-7-6-8-12(13)2/h5-9,15H,1,10-11H2,2-4H3. The molecule has 0 radical (unpaired) electrons. The van der Waals surface area contributed by atoms with Crippen molar-refractivity contribution in [3.8, 4) is 0 Å². The van der Waals surface area contributed by atoms with Gasteiger partial charge in [0.2, 0.25) is 0 Å². The molecule has 1 heteroatoms. The average Bonchev–Trinajstić information content (AvgIpc) is 2.22. The Kier molecular flexibility index (Phi) is 4.10. The van der Waals surface area contributed by atoms with Gasteiger partial charge in [0.25, 0.3) is 0 Å². The number of rotatable bonds is 5. The second-order valence-corrected chi connectivity index (χ2v) is 4.49. The molecule has 82 valence electrons. The topological polar surface area (TPSA) is 12.0 Å². The molecule has 1 unspecified atom stereocenters. The Labute approximate surface area is 93.2 Å². The Balaban J connectivity index is 2.83. The van der Waals surface area contributed by atoms with Gasteiger partial charge >= 0.3 is 0 Å². The molecule has 1 aromatic carbocycles. The van der Waals surface area contributed by atoms with Crippen LogP contribution < -0.4 is 5.32 Å². The third-order valence-corrected chi connectivity index (χ3v) is 2.93. The van der Waals surface area contributed by atoms with E-state index >= 15 is 0 Å². The first-order valence-corrected chi connectivity index (χ1v) is 5.44. The third-order valence-electron chi connectivity index (χ3n) is 2.93. The zero-order valence-electron chi connectivity index (χ0n) is 10.0. The molecule has 0 amide bonds. The SMILES string of the molecule is C=CC(C)(CNC)Cc1ccccc1C. The Morgan fingerprint density at radius 2 is 2.07 bits per heavy atom. The van der Waals surface area contributed by atoms with Gasteiger partial charge in [-0.05, 0) is 31.5 Å². The first-order valence-electron chi connectivity index (χ1n) is 5.44. The van der Waals surface area contributed by atoms with Crippen LogP contribution in [0.5, 0.6) is 0 Å². The summed E-state index contributed by atoms with van der Waals surface area (Å²) in [6, 6.07) is 8.55. The second-order valence-electron chi connectivity index (χ2n) is 4.49. The minimum absolute atomic E-state index is 0.140. The molecule has 0 spiro atoms. The molecule has 0 aromatic heterocycles. The van der Waals surface area contributed by atoms with Crippen LogP contribution in [-0.2, 0) is 6.42 Å². The zero-order chi connectivity index (χ0) is 11.3. The van der Waals surface area contributed by atoms with E-state index in [9.17, 15) is 0 Å². The molecule has 0 bridgehead atoms. The summed E-state index contributed by atoms with van der Waals surface area (Å²) >= 11 is 0. The fourth-order valence-electron chi connectivity index (χ4n) is 1.85. The maximum Gasteiger partial charge on any atom is 0.00400 e. The highest BCUT2D eigenvalue weighted by atomic mass is 14.8. The lowest BCUT2D eigenvalue weighted by atomic mass is 9.82. The van der Waals surface area contributed by atoms with Gasteiger partial charge in [0.05, 0.1) is 0 Å². The van der Waals surface area contributed by atoms with Crippen molar-refractivity contribution in [1.29, 1.82) is 0 Å². The Morgan fingerprint density at radius 3 is 2.60 bits per heavy atom. The van der Waals surface area contributed by atoms with Crippen LogP contribution in [0, 0.1) is 12.3 Å². The van der Waals surface area contributed by atoms with E-state index in [1.807, 2.05) is 7.05 Å². The van der Waals surface area contributed by atoms with E-state index in [2.05, 4.69) is 56.1 Å². The second kappa shape index (κ2) is 5.13. The molecule has 0 aliphatic heterocycles. The van der Waals surface area contributed by atoms with Gasteiger partial charge < -0.3 is 5.32 Å². The van der Waals surface area contributed by atoms with Crippen molar-refractivity contribution in [3.63, 3.8) is 0 Å².